The summed E-state index contributed by atoms with van der Waals surface area (Å²) in [5.74, 6) is 0.413. The third-order valence-corrected chi connectivity index (χ3v) is 2.03. The van der Waals surface area contributed by atoms with E-state index in [0.29, 0.717) is 5.92 Å². The van der Waals surface area contributed by atoms with Gasteiger partial charge in [-0.2, -0.15) is 0 Å². The van der Waals surface area contributed by atoms with Gasteiger partial charge in [-0.25, -0.2) is 4.42 Å². The van der Waals surface area contributed by atoms with Crippen LogP contribution < -0.4 is 0 Å². The summed E-state index contributed by atoms with van der Waals surface area (Å²) in [4.78, 5) is 0. The summed E-state index contributed by atoms with van der Waals surface area (Å²) in [6, 6.07) is 0. The van der Waals surface area contributed by atoms with Crippen LogP contribution in [0.2, 0.25) is 0 Å². The first-order valence-corrected chi connectivity index (χ1v) is 3.68. The summed E-state index contributed by atoms with van der Waals surface area (Å²) in [5, 5.41) is 8.72. The molecule has 1 saturated heterocycles. The Morgan fingerprint density at radius 3 is 2.89 bits per heavy atom. The largest absolute Gasteiger partial charge is 0.396 e. The van der Waals surface area contributed by atoms with E-state index in [1.54, 1.807) is 4.42 Å². The lowest BCUT2D eigenvalue weighted by atomic mass is 10.0. The van der Waals surface area contributed by atoms with Gasteiger partial charge >= 0.3 is 0 Å². The molecule has 1 aliphatic heterocycles. The number of nitrogens with zero attached hydrogens (tertiary/aromatic N) is 1. The first-order valence-electron chi connectivity index (χ1n) is 3.34. The summed E-state index contributed by atoms with van der Waals surface area (Å²) in [6.45, 7) is 2.10. The molecule has 9 heavy (non-hydrogen) atoms. The Kier molecular flexibility index (Phi) is 2.76. The van der Waals surface area contributed by atoms with E-state index in [1.807, 2.05) is 0 Å². The minimum atomic E-state index is 0.281. The van der Waals surface area contributed by atoms with Crippen LogP contribution in [0.25, 0.3) is 0 Å². The van der Waals surface area contributed by atoms with E-state index >= 15 is 0 Å². The van der Waals surface area contributed by atoms with Gasteiger partial charge in [-0.1, -0.05) is 0 Å². The van der Waals surface area contributed by atoms with Gasteiger partial charge in [0.25, 0.3) is 0 Å². The van der Waals surface area contributed by atoms with Crippen molar-refractivity contribution in [1.82, 2.24) is 4.42 Å². The Balaban J connectivity index is 2.23. The zero-order valence-electron chi connectivity index (χ0n) is 5.39. The van der Waals surface area contributed by atoms with Gasteiger partial charge in [0.15, 0.2) is 0 Å². The van der Waals surface area contributed by atoms with Crippen molar-refractivity contribution < 1.29 is 5.11 Å². The Morgan fingerprint density at radius 1 is 1.67 bits per heavy atom. The smallest absolute Gasteiger partial charge is 0.0472 e. The van der Waals surface area contributed by atoms with Crippen molar-refractivity contribution in [3.8, 4) is 0 Å². The number of halogens is 1. The third-order valence-electron chi connectivity index (χ3n) is 1.73. The Bertz CT molecular complexity index is 89.1. The average molecular weight is 150 g/mol. The molecule has 1 aliphatic rings. The highest BCUT2D eigenvalue weighted by Crippen LogP contribution is 2.16. The second-order valence-corrected chi connectivity index (χ2v) is 3.04. The highest BCUT2D eigenvalue weighted by molar-refractivity contribution is 6.13. The Morgan fingerprint density at radius 2 is 2.44 bits per heavy atom. The molecule has 1 N–H and O–H groups in total. The van der Waals surface area contributed by atoms with E-state index in [9.17, 15) is 0 Å². The number of piperidine rings is 1. The molecule has 1 unspecified atom stereocenters. The molecule has 1 fully saturated rings. The topological polar surface area (TPSA) is 23.5 Å². The predicted molar refractivity (Wildman–Crippen MR) is 37.2 cm³/mol. The monoisotopic (exact) mass is 149 g/mol. The summed E-state index contributed by atoms with van der Waals surface area (Å²) in [7, 11) is 0. The molecule has 0 amide bonds. The first-order chi connectivity index (χ1) is 4.33. The number of hydrogen-bond donors (Lipinski definition) is 1. The predicted octanol–water partition coefficient (Wildman–Crippen LogP) is 0.845. The van der Waals surface area contributed by atoms with Gasteiger partial charge in [0.2, 0.25) is 0 Å². The van der Waals surface area contributed by atoms with E-state index < -0.39 is 0 Å². The van der Waals surface area contributed by atoms with Crippen molar-refractivity contribution in [2.24, 2.45) is 5.92 Å². The molecule has 3 heteroatoms. The Labute approximate surface area is 60.5 Å². The fourth-order valence-corrected chi connectivity index (χ4v) is 1.48. The van der Waals surface area contributed by atoms with Gasteiger partial charge in [0, 0.05) is 19.7 Å². The zero-order valence-corrected chi connectivity index (χ0v) is 6.14. The fourth-order valence-electron chi connectivity index (χ4n) is 1.16. The molecule has 0 spiro atoms. The quantitative estimate of drug-likeness (QED) is 0.559. The molecular weight excluding hydrogens is 138 g/mol. The van der Waals surface area contributed by atoms with Crippen molar-refractivity contribution in [3.05, 3.63) is 0 Å². The molecule has 0 radical (unpaired) electrons. The highest BCUT2D eigenvalue weighted by Gasteiger charge is 2.16. The number of aliphatic hydroxyl groups excluding tert-OH is 1. The second kappa shape index (κ2) is 3.40. The molecule has 0 aromatic rings. The lowest BCUT2D eigenvalue weighted by molar-refractivity contribution is 0.167. The molecule has 0 saturated carbocycles. The molecule has 0 bridgehead atoms. The summed E-state index contributed by atoms with van der Waals surface area (Å²) in [5.41, 5.74) is 0. The van der Waals surface area contributed by atoms with Crippen molar-refractivity contribution in [2.75, 3.05) is 19.7 Å². The van der Waals surface area contributed by atoms with Crippen molar-refractivity contribution in [2.45, 2.75) is 12.8 Å². The van der Waals surface area contributed by atoms with E-state index in [-0.39, 0.29) is 6.61 Å². The summed E-state index contributed by atoms with van der Waals surface area (Å²) in [6.07, 6.45) is 2.24. The van der Waals surface area contributed by atoms with Crippen LogP contribution in [0.5, 0.6) is 0 Å². The molecule has 54 valence electrons. The summed E-state index contributed by atoms with van der Waals surface area (Å²) < 4.78 is 1.75. The third kappa shape index (κ3) is 2.12. The fraction of sp³-hybridized carbons (Fsp3) is 1.00. The van der Waals surface area contributed by atoms with Crippen LogP contribution >= 0.6 is 11.8 Å². The maximum Gasteiger partial charge on any atom is 0.0472 e. The van der Waals surface area contributed by atoms with Gasteiger partial charge in [0.05, 0.1) is 0 Å². The molecule has 0 aromatic heterocycles. The number of aliphatic hydroxyl groups is 1. The summed E-state index contributed by atoms with van der Waals surface area (Å²) >= 11 is 5.71. The lowest BCUT2D eigenvalue weighted by Gasteiger charge is -2.25. The van der Waals surface area contributed by atoms with Gasteiger partial charge in [-0.05, 0) is 30.5 Å². The average Bonchev–Trinajstić information content (AvgIpc) is 1.88. The van der Waals surface area contributed by atoms with Crippen molar-refractivity contribution >= 4 is 11.8 Å². The Hall–Kier alpha value is 0.210. The molecule has 1 rings (SSSR count). The van der Waals surface area contributed by atoms with Crippen LogP contribution in [0.3, 0.4) is 0 Å². The van der Waals surface area contributed by atoms with Gasteiger partial charge in [-0.15, -0.1) is 0 Å². The van der Waals surface area contributed by atoms with Crippen LogP contribution in [-0.4, -0.2) is 29.2 Å². The minimum absolute atomic E-state index is 0.281. The number of rotatable bonds is 1. The highest BCUT2D eigenvalue weighted by atomic mass is 35.5. The van der Waals surface area contributed by atoms with Crippen LogP contribution in [0, 0.1) is 5.92 Å². The van der Waals surface area contributed by atoms with Crippen LogP contribution in [0.15, 0.2) is 0 Å². The molecule has 1 heterocycles. The second-order valence-electron chi connectivity index (χ2n) is 2.56. The molecule has 1 atom stereocenters. The molecule has 0 aromatic carbocycles. The van der Waals surface area contributed by atoms with Gasteiger partial charge < -0.3 is 5.11 Å². The van der Waals surface area contributed by atoms with E-state index in [2.05, 4.69) is 0 Å². The zero-order chi connectivity index (χ0) is 6.69. The normalized spacial score (nSPS) is 30.7. The maximum atomic E-state index is 8.72. The first kappa shape index (κ1) is 7.32. The van der Waals surface area contributed by atoms with Gasteiger partial charge in [-0.3, -0.25) is 0 Å². The molecule has 0 aliphatic carbocycles. The van der Waals surface area contributed by atoms with Crippen LogP contribution in [-0.2, 0) is 0 Å². The SMILES string of the molecule is OCC1CCCN(Cl)C1. The van der Waals surface area contributed by atoms with Gasteiger partial charge in [0.1, 0.15) is 0 Å². The number of hydrogen-bond acceptors (Lipinski definition) is 2. The van der Waals surface area contributed by atoms with Crippen LogP contribution in [0.4, 0.5) is 0 Å². The standard InChI is InChI=1S/C6H12ClNO/c7-8-3-1-2-6(4-8)5-9/h6,9H,1-5H2. The maximum absolute atomic E-state index is 8.72. The molecular formula is C6H12ClNO. The van der Waals surface area contributed by atoms with E-state index in [0.717, 1.165) is 25.9 Å². The van der Waals surface area contributed by atoms with Crippen LogP contribution in [0.1, 0.15) is 12.8 Å². The molecule has 2 nitrogen and oxygen atoms in total. The van der Waals surface area contributed by atoms with E-state index in [1.165, 1.54) is 0 Å². The van der Waals surface area contributed by atoms with Crippen molar-refractivity contribution in [3.63, 3.8) is 0 Å². The van der Waals surface area contributed by atoms with E-state index in [4.69, 9.17) is 16.9 Å². The van der Waals surface area contributed by atoms with Crippen molar-refractivity contribution in [1.29, 1.82) is 0 Å². The minimum Gasteiger partial charge on any atom is -0.396 e. The lowest BCUT2D eigenvalue weighted by Crippen LogP contribution is -2.30.